The smallest absolute Gasteiger partial charge is 0.370 e. The van der Waals surface area contributed by atoms with Crippen molar-refractivity contribution in [2.75, 3.05) is 23.3 Å². The van der Waals surface area contributed by atoms with E-state index in [0.29, 0.717) is 11.3 Å². The van der Waals surface area contributed by atoms with Gasteiger partial charge in [0.15, 0.2) is 0 Å². The molecule has 0 unspecified atom stereocenters. The van der Waals surface area contributed by atoms with Crippen LogP contribution in [0.4, 0.5) is 11.4 Å². The summed E-state index contributed by atoms with van der Waals surface area (Å²) in [4.78, 5) is 14.2. The van der Waals surface area contributed by atoms with Crippen molar-refractivity contribution in [1.82, 2.24) is 20.6 Å². The maximum absolute atomic E-state index is 12.0. The Morgan fingerprint density at radius 2 is 2.09 bits per heavy atom. The number of hydrogen-bond donors (Lipinski definition) is 1. The molecule has 1 aromatic heterocycles. The second-order valence-electron chi connectivity index (χ2n) is 5.02. The van der Waals surface area contributed by atoms with Gasteiger partial charge in [-0.05, 0) is 31.4 Å². The van der Waals surface area contributed by atoms with Gasteiger partial charge in [0.25, 0.3) is 5.91 Å². The van der Waals surface area contributed by atoms with Crippen LogP contribution in [0.25, 0.3) is 0 Å². The Balaban J connectivity index is 0.00000192. The predicted octanol–water partition coefficient (Wildman–Crippen LogP) is -2.05. The van der Waals surface area contributed by atoms with Gasteiger partial charge in [0.2, 0.25) is 0 Å². The minimum atomic E-state index is -0.530. The van der Waals surface area contributed by atoms with Gasteiger partial charge < -0.3 is 15.3 Å². The van der Waals surface area contributed by atoms with Crippen LogP contribution >= 0.6 is 0 Å². The molecule has 2 aromatic rings. The molecule has 0 atom stereocenters. The Hall–Kier alpha value is -1.95. The molecule has 9 heteroatoms. The average Bonchev–Trinajstić information content (AvgIpc) is 3.10. The van der Waals surface area contributed by atoms with Gasteiger partial charge in [0.05, 0.1) is 22.8 Å². The second kappa shape index (κ2) is 8.06. The first kappa shape index (κ1) is 17.4. The molecule has 1 aromatic carbocycles. The Bertz CT molecular complexity index is 704. The summed E-state index contributed by atoms with van der Waals surface area (Å²) in [5.74, 6) is -0.649. The zero-order valence-electron chi connectivity index (χ0n) is 12.9. The van der Waals surface area contributed by atoms with E-state index in [1.165, 1.54) is 6.42 Å². The number of amides is 1. The molecule has 1 aliphatic heterocycles. The molecule has 2 heterocycles. The summed E-state index contributed by atoms with van der Waals surface area (Å²) in [7, 11) is 0. The van der Waals surface area contributed by atoms with Crippen molar-refractivity contribution in [3.05, 3.63) is 29.6 Å². The normalized spacial score (nSPS) is 13.8. The molecule has 1 saturated heterocycles. The summed E-state index contributed by atoms with van der Waals surface area (Å²) in [5.41, 5.74) is 1.74. The zero-order valence-corrected chi connectivity index (χ0v) is 14.9. The minimum absolute atomic E-state index is 0. The fourth-order valence-corrected chi connectivity index (χ4v) is 2.57. The number of nitrogens with one attached hydrogen (secondary N) is 1. The molecule has 8 nitrogen and oxygen atoms in total. The number of nitriles is 1. The van der Waals surface area contributed by atoms with E-state index in [9.17, 15) is 10.1 Å². The first-order valence-corrected chi connectivity index (χ1v) is 7.08. The molecule has 1 aliphatic rings. The van der Waals surface area contributed by atoms with Crippen LogP contribution in [0.15, 0.2) is 18.2 Å². The first-order valence-electron chi connectivity index (χ1n) is 7.08. The van der Waals surface area contributed by atoms with Crippen LogP contribution < -0.4 is 44.9 Å². The number of carbonyl (C=O) groups is 1. The van der Waals surface area contributed by atoms with Crippen LogP contribution in [0, 0.1) is 11.3 Å². The molecule has 0 spiro atoms. The van der Waals surface area contributed by atoms with Crippen LogP contribution in [0.3, 0.4) is 0 Å². The molecule has 0 aliphatic carbocycles. The number of rotatable bonds is 3. The Labute approximate surface area is 155 Å². The van der Waals surface area contributed by atoms with Crippen LogP contribution in [0.1, 0.15) is 35.4 Å². The molecule has 1 fully saturated rings. The third-order valence-electron chi connectivity index (χ3n) is 3.62. The Morgan fingerprint density at radius 1 is 1.30 bits per heavy atom. The molecule has 0 radical (unpaired) electrons. The van der Waals surface area contributed by atoms with E-state index < -0.39 is 5.91 Å². The topological polar surface area (TPSA) is 109 Å². The molecule has 1 N–H and O–H groups in total. The van der Waals surface area contributed by atoms with E-state index in [0.717, 1.165) is 31.6 Å². The summed E-state index contributed by atoms with van der Waals surface area (Å²) in [6, 6.07) is 7.60. The van der Waals surface area contributed by atoms with Gasteiger partial charge in [-0.3, -0.25) is 15.1 Å². The van der Waals surface area contributed by atoms with E-state index in [1.54, 1.807) is 6.07 Å². The van der Waals surface area contributed by atoms with Gasteiger partial charge in [-0.1, -0.05) is 6.07 Å². The van der Waals surface area contributed by atoms with Crippen molar-refractivity contribution in [2.24, 2.45) is 0 Å². The van der Waals surface area contributed by atoms with Crippen molar-refractivity contribution in [2.45, 2.75) is 19.3 Å². The molecule has 1 amide bonds. The molecule has 23 heavy (non-hydrogen) atoms. The van der Waals surface area contributed by atoms with Crippen LogP contribution in [-0.2, 0) is 0 Å². The summed E-state index contributed by atoms with van der Waals surface area (Å²) >= 11 is 0. The molecule has 3 rings (SSSR count). The third kappa shape index (κ3) is 3.88. The Kier molecular flexibility index (Phi) is 6.10. The summed E-state index contributed by atoms with van der Waals surface area (Å²) in [6.07, 6.45) is 3.43. The molecular formula is C14H14N7NaO. The SMILES string of the molecule is N#Cc1c(NC(=O)c2nnn[n-]2)cccc1N1CCCCC1.[Na+]. The van der Waals surface area contributed by atoms with Gasteiger partial charge in [0.1, 0.15) is 6.07 Å². The quantitative estimate of drug-likeness (QED) is 0.648. The minimum Gasteiger partial charge on any atom is -0.370 e. The summed E-state index contributed by atoms with van der Waals surface area (Å²) in [6.45, 7) is 1.85. The van der Waals surface area contributed by atoms with E-state index in [1.807, 2.05) is 12.1 Å². The van der Waals surface area contributed by atoms with Crippen molar-refractivity contribution in [3.63, 3.8) is 0 Å². The Morgan fingerprint density at radius 3 is 2.74 bits per heavy atom. The van der Waals surface area contributed by atoms with Crippen LogP contribution in [0.2, 0.25) is 0 Å². The number of hydrogen-bond acceptors (Lipinski definition) is 6. The molecule has 112 valence electrons. The molecule has 0 saturated carbocycles. The number of aromatic nitrogens is 4. The monoisotopic (exact) mass is 319 g/mol. The van der Waals surface area contributed by atoms with Crippen molar-refractivity contribution in [3.8, 4) is 6.07 Å². The summed E-state index contributed by atoms with van der Waals surface area (Å²) < 4.78 is 0. The fourth-order valence-electron chi connectivity index (χ4n) is 2.57. The van der Waals surface area contributed by atoms with Crippen molar-refractivity contribution < 1.29 is 34.4 Å². The van der Waals surface area contributed by atoms with Gasteiger partial charge in [-0.25, -0.2) is 0 Å². The maximum atomic E-state index is 12.0. The summed E-state index contributed by atoms with van der Waals surface area (Å²) in [5, 5.41) is 25.7. The van der Waals surface area contributed by atoms with E-state index in [2.05, 4.69) is 36.9 Å². The number of nitrogens with zero attached hydrogens (tertiary/aromatic N) is 6. The molecule has 0 bridgehead atoms. The largest absolute Gasteiger partial charge is 1.00 e. The zero-order chi connectivity index (χ0) is 15.4. The van der Waals surface area contributed by atoms with Gasteiger partial charge in [0, 0.05) is 13.1 Å². The van der Waals surface area contributed by atoms with Crippen molar-refractivity contribution >= 4 is 17.3 Å². The second-order valence-corrected chi connectivity index (χ2v) is 5.02. The average molecular weight is 319 g/mol. The predicted molar refractivity (Wildman–Crippen MR) is 78.3 cm³/mol. The van der Waals surface area contributed by atoms with Crippen molar-refractivity contribution in [1.29, 1.82) is 5.26 Å². The number of piperidine rings is 1. The molecular weight excluding hydrogens is 305 g/mol. The number of carbonyl (C=O) groups excluding carboxylic acids is 1. The number of benzene rings is 1. The van der Waals surface area contributed by atoms with E-state index in [4.69, 9.17) is 0 Å². The van der Waals surface area contributed by atoms with Gasteiger partial charge >= 0.3 is 29.6 Å². The number of tetrazole rings is 1. The van der Waals surface area contributed by atoms with E-state index >= 15 is 0 Å². The van der Waals surface area contributed by atoms with Crippen LogP contribution in [0.5, 0.6) is 0 Å². The van der Waals surface area contributed by atoms with Gasteiger partial charge in [-0.15, -0.1) is 0 Å². The first-order chi connectivity index (χ1) is 10.8. The van der Waals surface area contributed by atoms with Gasteiger partial charge in [-0.2, -0.15) is 10.5 Å². The van der Waals surface area contributed by atoms with E-state index in [-0.39, 0.29) is 35.4 Å². The number of anilines is 2. The maximum Gasteiger partial charge on any atom is 1.00 e. The standard InChI is InChI=1S/C14H15N7O.Na/c15-9-10-11(16-14(22)13-17-19-20-18-13)5-4-6-12(10)21-7-2-1-3-8-21;/h4-6H,1-3,7-8H2,(H2,16,17,18,19,20,22);/q;+1/p-1. The van der Waals surface area contributed by atoms with Crippen LogP contribution in [-0.4, -0.2) is 34.5 Å². The third-order valence-corrected chi connectivity index (χ3v) is 3.62. The fraction of sp³-hybridized carbons (Fsp3) is 0.357.